The average Bonchev–Trinajstić information content (AvgIpc) is 2.76. The van der Waals surface area contributed by atoms with Crippen LogP contribution in [-0.4, -0.2) is 17.8 Å². The van der Waals surface area contributed by atoms with Gasteiger partial charge in [0.25, 0.3) is 0 Å². The van der Waals surface area contributed by atoms with E-state index in [4.69, 9.17) is 4.74 Å². The molecule has 1 aliphatic rings. The van der Waals surface area contributed by atoms with Crippen LogP contribution in [-0.2, 0) is 4.74 Å². The van der Waals surface area contributed by atoms with Crippen LogP contribution < -0.4 is 0 Å². The van der Waals surface area contributed by atoms with Crippen LogP contribution in [0, 0.1) is 12.8 Å². The second-order valence-corrected chi connectivity index (χ2v) is 4.63. The standard InChI is InChI=1S/C14H20O2/c1-3-13-12(7-8-16-13)14(15)11-6-4-5-10(2)9-11/h4-6,9,12-15H,3,7-8H2,1-2H3. The highest BCUT2D eigenvalue weighted by Crippen LogP contribution is 2.34. The number of aryl methyl sites for hydroxylation is 1. The van der Waals surface area contributed by atoms with Crippen LogP contribution in [0.2, 0.25) is 0 Å². The van der Waals surface area contributed by atoms with Gasteiger partial charge in [-0.3, -0.25) is 0 Å². The second-order valence-electron chi connectivity index (χ2n) is 4.63. The van der Waals surface area contributed by atoms with Gasteiger partial charge in [-0.2, -0.15) is 0 Å². The molecule has 0 radical (unpaired) electrons. The van der Waals surface area contributed by atoms with Crippen molar-refractivity contribution in [1.29, 1.82) is 0 Å². The summed E-state index contributed by atoms with van der Waals surface area (Å²) in [5.74, 6) is 0.256. The van der Waals surface area contributed by atoms with E-state index in [0.29, 0.717) is 0 Å². The minimum Gasteiger partial charge on any atom is -0.388 e. The van der Waals surface area contributed by atoms with Crippen molar-refractivity contribution >= 4 is 0 Å². The smallest absolute Gasteiger partial charge is 0.0843 e. The molecule has 16 heavy (non-hydrogen) atoms. The Balaban J connectivity index is 2.15. The fourth-order valence-electron chi connectivity index (χ4n) is 2.55. The van der Waals surface area contributed by atoms with E-state index in [-0.39, 0.29) is 18.1 Å². The molecule has 3 atom stereocenters. The third-order valence-corrected chi connectivity index (χ3v) is 3.45. The predicted molar refractivity (Wildman–Crippen MR) is 64.3 cm³/mol. The molecule has 1 aromatic rings. The Morgan fingerprint density at radius 1 is 1.50 bits per heavy atom. The van der Waals surface area contributed by atoms with Gasteiger partial charge in [0.1, 0.15) is 0 Å². The van der Waals surface area contributed by atoms with Crippen LogP contribution >= 0.6 is 0 Å². The largest absolute Gasteiger partial charge is 0.388 e. The summed E-state index contributed by atoms with van der Waals surface area (Å²) in [6.45, 7) is 4.96. The molecule has 0 amide bonds. The Kier molecular flexibility index (Phi) is 3.62. The topological polar surface area (TPSA) is 29.5 Å². The number of hydrogen-bond acceptors (Lipinski definition) is 2. The summed E-state index contributed by atoms with van der Waals surface area (Å²) in [4.78, 5) is 0. The Labute approximate surface area is 97.3 Å². The van der Waals surface area contributed by atoms with Crippen molar-refractivity contribution < 1.29 is 9.84 Å². The van der Waals surface area contributed by atoms with Gasteiger partial charge in [0, 0.05) is 12.5 Å². The third-order valence-electron chi connectivity index (χ3n) is 3.45. The van der Waals surface area contributed by atoms with Crippen molar-refractivity contribution in [2.75, 3.05) is 6.61 Å². The summed E-state index contributed by atoms with van der Waals surface area (Å²) in [5, 5.41) is 10.4. The first-order chi connectivity index (χ1) is 7.72. The van der Waals surface area contributed by atoms with Gasteiger partial charge in [-0.05, 0) is 25.3 Å². The molecule has 0 bridgehead atoms. The number of hydrogen-bond donors (Lipinski definition) is 1. The van der Waals surface area contributed by atoms with Crippen molar-refractivity contribution in [3.63, 3.8) is 0 Å². The number of rotatable bonds is 3. The van der Waals surface area contributed by atoms with E-state index in [1.807, 2.05) is 12.1 Å². The molecule has 2 nitrogen and oxygen atoms in total. The predicted octanol–water partition coefficient (Wildman–Crippen LogP) is 2.84. The Morgan fingerprint density at radius 3 is 3.00 bits per heavy atom. The van der Waals surface area contributed by atoms with Gasteiger partial charge in [0.2, 0.25) is 0 Å². The first-order valence-corrected chi connectivity index (χ1v) is 6.08. The summed E-state index contributed by atoms with van der Waals surface area (Å²) in [7, 11) is 0. The van der Waals surface area contributed by atoms with E-state index < -0.39 is 0 Å². The lowest BCUT2D eigenvalue weighted by molar-refractivity contribution is 0.0307. The van der Waals surface area contributed by atoms with Gasteiger partial charge in [-0.15, -0.1) is 0 Å². The molecular formula is C14H20O2. The minimum atomic E-state index is -0.382. The fourth-order valence-corrected chi connectivity index (χ4v) is 2.55. The van der Waals surface area contributed by atoms with E-state index in [0.717, 1.165) is 25.0 Å². The second kappa shape index (κ2) is 4.98. The Morgan fingerprint density at radius 2 is 2.31 bits per heavy atom. The lowest BCUT2D eigenvalue weighted by atomic mass is 9.88. The van der Waals surface area contributed by atoms with Gasteiger partial charge in [-0.1, -0.05) is 36.8 Å². The monoisotopic (exact) mass is 220 g/mol. The number of benzene rings is 1. The van der Waals surface area contributed by atoms with E-state index in [2.05, 4.69) is 26.0 Å². The molecule has 2 rings (SSSR count). The molecule has 1 saturated heterocycles. The zero-order valence-corrected chi connectivity index (χ0v) is 10.0. The highest BCUT2D eigenvalue weighted by atomic mass is 16.5. The highest BCUT2D eigenvalue weighted by Gasteiger charge is 2.33. The molecule has 2 heteroatoms. The molecule has 0 spiro atoms. The van der Waals surface area contributed by atoms with Gasteiger partial charge in [-0.25, -0.2) is 0 Å². The fraction of sp³-hybridized carbons (Fsp3) is 0.571. The first-order valence-electron chi connectivity index (χ1n) is 6.08. The third kappa shape index (κ3) is 2.28. The molecule has 88 valence electrons. The number of ether oxygens (including phenoxy) is 1. The Bertz CT molecular complexity index is 348. The summed E-state index contributed by atoms with van der Waals surface area (Å²) in [5.41, 5.74) is 2.22. The molecular weight excluding hydrogens is 200 g/mol. The lowest BCUT2D eigenvalue weighted by Crippen LogP contribution is -2.22. The summed E-state index contributed by atoms with van der Waals surface area (Å²) >= 11 is 0. The zero-order valence-electron chi connectivity index (χ0n) is 10.0. The normalized spacial score (nSPS) is 26.9. The molecule has 1 N–H and O–H groups in total. The van der Waals surface area contributed by atoms with Crippen LogP contribution in [0.4, 0.5) is 0 Å². The van der Waals surface area contributed by atoms with Gasteiger partial charge in [0.05, 0.1) is 12.2 Å². The molecule has 3 unspecified atom stereocenters. The van der Waals surface area contributed by atoms with E-state index >= 15 is 0 Å². The van der Waals surface area contributed by atoms with Crippen LogP contribution in [0.1, 0.15) is 37.0 Å². The van der Waals surface area contributed by atoms with E-state index in [9.17, 15) is 5.11 Å². The highest BCUT2D eigenvalue weighted by molar-refractivity contribution is 5.24. The molecule has 1 fully saturated rings. The van der Waals surface area contributed by atoms with E-state index in [1.165, 1.54) is 5.56 Å². The maximum absolute atomic E-state index is 10.4. The van der Waals surface area contributed by atoms with Gasteiger partial charge < -0.3 is 9.84 Å². The maximum atomic E-state index is 10.4. The molecule has 1 aromatic carbocycles. The zero-order chi connectivity index (χ0) is 11.5. The summed E-state index contributed by atoms with van der Waals surface area (Å²) < 4.78 is 5.63. The van der Waals surface area contributed by atoms with E-state index in [1.54, 1.807) is 0 Å². The molecule has 1 aliphatic heterocycles. The average molecular weight is 220 g/mol. The van der Waals surface area contributed by atoms with Gasteiger partial charge >= 0.3 is 0 Å². The van der Waals surface area contributed by atoms with Crippen LogP contribution in [0.15, 0.2) is 24.3 Å². The first kappa shape index (κ1) is 11.6. The van der Waals surface area contributed by atoms with Crippen LogP contribution in [0.5, 0.6) is 0 Å². The molecule has 0 saturated carbocycles. The maximum Gasteiger partial charge on any atom is 0.0843 e. The number of aliphatic hydroxyl groups is 1. The quantitative estimate of drug-likeness (QED) is 0.848. The molecule has 1 heterocycles. The Hall–Kier alpha value is -0.860. The van der Waals surface area contributed by atoms with Crippen LogP contribution in [0.3, 0.4) is 0 Å². The summed E-state index contributed by atoms with van der Waals surface area (Å²) in [6.07, 6.45) is 1.78. The van der Waals surface area contributed by atoms with Crippen molar-refractivity contribution in [1.82, 2.24) is 0 Å². The van der Waals surface area contributed by atoms with Crippen molar-refractivity contribution in [2.45, 2.75) is 38.9 Å². The summed E-state index contributed by atoms with van der Waals surface area (Å²) in [6, 6.07) is 8.13. The van der Waals surface area contributed by atoms with Gasteiger partial charge in [0.15, 0.2) is 0 Å². The number of aliphatic hydroxyl groups excluding tert-OH is 1. The van der Waals surface area contributed by atoms with Crippen LogP contribution in [0.25, 0.3) is 0 Å². The van der Waals surface area contributed by atoms with Crippen molar-refractivity contribution in [2.24, 2.45) is 5.92 Å². The molecule has 0 aliphatic carbocycles. The SMILES string of the molecule is CCC1OCCC1C(O)c1cccc(C)c1. The van der Waals surface area contributed by atoms with Crippen molar-refractivity contribution in [3.8, 4) is 0 Å². The lowest BCUT2D eigenvalue weighted by Gasteiger charge is -2.23. The molecule has 0 aromatic heterocycles. The van der Waals surface area contributed by atoms with Crippen molar-refractivity contribution in [3.05, 3.63) is 35.4 Å². The minimum absolute atomic E-state index is 0.218.